The van der Waals surface area contributed by atoms with E-state index in [1.807, 2.05) is 30.3 Å². The van der Waals surface area contributed by atoms with Gasteiger partial charge in [-0.1, -0.05) is 49.4 Å². The van der Waals surface area contributed by atoms with Crippen molar-refractivity contribution in [3.8, 4) is 0 Å². The number of carbonyl (C=O) groups is 4. The summed E-state index contributed by atoms with van der Waals surface area (Å²) in [6, 6.07) is 14.2. The van der Waals surface area contributed by atoms with Crippen molar-refractivity contribution in [1.82, 2.24) is 4.90 Å². The largest absolute Gasteiger partial charge is 0.441 e. The fourth-order valence-corrected chi connectivity index (χ4v) is 5.97. The summed E-state index contributed by atoms with van der Waals surface area (Å²) in [7, 11) is 0. The molecule has 3 amide bonds. The maximum atomic E-state index is 13.9. The Kier molecular flexibility index (Phi) is 7.97. The van der Waals surface area contributed by atoms with E-state index in [1.54, 1.807) is 42.2 Å². The van der Waals surface area contributed by atoms with Crippen molar-refractivity contribution < 1.29 is 34.1 Å². The molecule has 5 rings (SSSR count). The SMILES string of the molecule is CC(=O)OC1CC(=O)N1c1ccc2c(c1)[C@@](O)([C@H](C)/C=C/CC(=O)N1CCC[C@H]1CO)C(=O)N2Cc1ccccc1. The molecule has 41 heavy (non-hydrogen) atoms. The summed E-state index contributed by atoms with van der Waals surface area (Å²) < 4.78 is 5.26. The molecular formula is C31H35N3O7. The fourth-order valence-electron chi connectivity index (χ4n) is 5.97. The molecule has 1 unspecified atom stereocenters. The second kappa shape index (κ2) is 11.5. The van der Waals surface area contributed by atoms with Crippen LogP contribution in [0.4, 0.5) is 11.4 Å². The lowest BCUT2D eigenvalue weighted by Gasteiger charge is -2.39. The summed E-state index contributed by atoms with van der Waals surface area (Å²) in [6.07, 6.45) is 4.33. The summed E-state index contributed by atoms with van der Waals surface area (Å²) in [4.78, 5) is 55.3. The molecule has 0 bridgehead atoms. The van der Waals surface area contributed by atoms with Gasteiger partial charge in [-0.15, -0.1) is 0 Å². The molecule has 10 heteroatoms. The van der Waals surface area contributed by atoms with Gasteiger partial charge in [0.15, 0.2) is 11.8 Å². The highest BCUT2D eigenvalue weighted by Crippen LogP contribution is 2.48. The van der Waals surface area contributed by atoms with E-state index in [-0.39, 0.29) is 43.8 Å². The minimum Gasteiger partial charge on any atom is -0.441 e. The quantitative estimate of drug-likeness (QED) is 0.274. The predicted octanol–water partition coefficient (Wildman–Crippen LogP) is 2.61. The van der Waals surface area contributed by atoms with Crippen molar-refractivity contribution in [3.63, 3.8) is 0 Å². The Balaban J connectivity index is 1.45. The van der Waals surface area contributed by atoms with Gasteiger partial charge >= 0.3 is 5.97 Å². The number of β-lactam (4-membered cyclic amide) rings is 1. The van der Waals surface area contributed by atoms with E-state index >= 15 is 0 Å². The monoisotopic (exact) mass is 561 g/mol. The van der Waals surface area contributed by atoms with Crippen LogP contribution in [-0.2, 0) is 36.1 Å². The van der Waals surface area contributed by atoms with Gasteiger partial charge in [0.05, 0.1) is 31.3 Å². The number of ether oxygens (including phenoxy) is 1. The van der Waals surface area contributed by atoms with E-state index in [0.29, 0.717) is 23.5 Å². The first-order chi connectivity index (χ1) is 19.6. The number of nitrogens with zero attached hydrogens (tertiary/aromatic N) is 3. The Morgan fingerprint density at radius 3 is 2.61 bits per heavy atom. The molecule has 4 atom stereocenters. The van der Waals surface area contributed by atoms with Gasteiger partial charge in [0.1, 0.15) is 0 Å². The van der Waals surface area contributed by atoms with Crippen LogP contribution in [0.25, 0.3) is 0 Å². The van der Waals surface area contributed by atoms with Crippen molar-refractivity contribution in [1.29, 1.82) is 0 Å². The average molecular weight is 562 g/mol. The molecule has 2 aromatic carbocycles. The Bertz CT molecular complexity index is 1380. The number of esters is 1. The zero-order valence-electron chi connectivity index (χ0n) is 23.2. The van der Waals surface area contributed by atoms with Crippen LogP contribution in [0.15, 0.2) is 60.7 Å². The Morgan fingerprint density at radius 2 is 1.93 bits per heavy atom. The van der Waals surface area contributed by atoms with Gasteiger partial charge in [-0.25, -0.2) is 0 Å². The van der Waals surface area contributed by atoms with Crippen molar-refractivity contribution >= 4 is 35.1 Å². The summed E-state index contributed by atoms with van der Waals surface area (Å²) >= 11 is 0. The molecule has 3 aliphatic rings. The van der Waals surface area contributed by atoms with Crippen molar-refractivity contribution in [2.45, 2.75) is 63.9 Å². The van der Waals surface area contributed by atoms with Gasteiger partial charge in [-0.3, -0.25) is 24.1 Å². The first-order valence-corrected chi connectivity index (χ1v) is 13.9. The molecule has 0 aliphatic carbocycles. The molecule has 0 spiro atoms. The molecule has 0 saturated carbocycles. The summed E-state index contributed by atoms with van der Waals surface area (Å²) in [6.45, 7) is 3.75. The highest BCUT2D eigenvalue weighted by Gasteiger charge is 2.53. The van der Waals surface area contributed by atoms with E-state index in [1.165, 1.54) is 16.7 Å². The third-order valence-corrected chi connectivity index (χ3v) is 8.21. The molecule has 10 nitrogen and oxygen atoms in total. The molecule has 3 aliphatic heterocycles. The fraction of sp³-hybridized carbons (Fsp3) is 0.419. The Labute approximate surface area is 238 Å². The molecule has 2 aromatic rings. The average Bonchev–Trinajstić information content (AvgIpc) is 3.51. The van der Waals surface area contributed by atoms with Gasteiger partial charge in [-0.2, -0.15) is 0 Å². The maximum absolute atomic E-state index is 13.9. The van der Waals surface area contributed by atoms with Crippen LogP contribution >= 0.6 is 0 Å². The minimum atomic E-state index is -1.97. The predicted molar refractivity (Wildman–Crippen MR) is 150 cm³/mol. The van der Waals surface area contributed by atoms with Gasteiger partial charge < -0.3 is 24.7 Å². The number of likely N-dealkylation sites (tertiary alicyclic amines) is 1. The first kappa shape index (κ1) is 28.5. The second-order valence-electron chi connectivity index (χ2n) is 10.9. The lowest BCUT2D eigenvalue weighted by molar-refractivity contribution is -0.154. The Morgan fingerprint density at radius 1 is 1.17 bits per heavy atom. The van der Waals surface area contributed by atoms with E-state index in [2.05, 4.69) is 0 Å². The van der Waals surface area contributed by atoms with Gasteiger partial charge in [-0.05, 0) is 36.6 Å². The topological polar surface area (TPSA) is 128 Å². The number of amides is 3. The molecule has 2 N–H and O–H groups in total. The lowest BCUT2D eigenvalue weighted by Crippen LogP contribution is -2.55. The van der Waals surface area contributed by atoms with Gasteiger partial charge in [0.25, 0.3) is 5.91 Å². The molecule has 2 fully saturated rings. The zero-order chi connectivity index (χ0) is 29.3. The van der Waals surface area contributed by atoms with E-state index in [0.717, 1.165) is 18.4 Å². The highest BCUT2D eigenvalue weighted by atomic mass is 16.6. The van der Waals surface area contributed by atoms with E-state index in [4.69, 9.17) is 4.74 Å². The van der Waals surface area contributed by atoms with Crippen LogP contribution in [0.3, 0.4) is 0 Å². The number of fused-ring (bicyclic) bond motifs is 1. The standard InChI is InChI=1S/C31H35N3O7/c1-20(8-6-12-27(37)32-15-7-11-24(32)19-35)31(40)25-16-23(34-28(38)17-29(34)41-21(2)36)13-14-26(25)33(30(31)39)18-22-9-4-3-5-10-22/h3-6,8-10,13-14,16,20,24,29,35,40H,7,11-12,15,17-19H2,1-2H3/b8-6+/t20-,24+,29?,31+/m1/s1. The first-order valence-electron chi connectivity index (χ1n) is 13.9. The van der Waals surface area contributed by atoms with E-state index < -0.39 is 29.6 Å². The van der Waals surface area contributed by atoms with Crippen LogP contribution in [-0.4, -0.2) is 64.2 Å². The van der Waals surface area contributed by atoms with Crippen molar-refractivity contribution in [2.75, 3.05) is 23.0 Å². The summed E-state index contributed by atoms with van der Waals surface area (Å²) in [5, 5.41) is 21.7. The minimum absolute atomic E-state index is 0.0569. The molecule has 0 radical (unpaired) electrons. The van der Waals surface area contributed by atoms with Crippen molar-refractivity contribution in [3.05, 3.63) is 71.8 Å². The van der Waals surface area contributed by atoms with Crippen LogP contribution in [0.5, 0.6) is 0 Å². The number of hydrogen-bond donors (Lipinski definition) is 2. The summed E-state index contributed by atoms with van der Waals surface area (Å²) in [5.41, 5.74) is 0.174. The third-order valence-electron chi connectivity index (χ3n) is 8.21. The second-order valence-corrected chi connectivity index (χ2v) is 10.9. The molecular weight excluding hydrogens is 526 g/mol. The van der Waals surface area contributed by atoms with Crippen LogP contribution in [0, 0.1) is 5.92 Å². The normalized spacial score (nSPS) is 24.5. The number of aliphatic hydroxyl groups excluding tert-OH is 1. The van der Waals surface area contributed by atoms with Crippen LogP contribution in [0.1, 0.15) is 50.7 Å². The van der Waals surface area contributed by atoms with Crippen LogP contribution in [0.2, 0.25) is 0 Å². The molecule has 0 aromatic heterocycles. The van der Waals surface area contributed by atoms with E-state index in [9.17, 15) is 29.4 Å². The van der Waals surface area contributed by atoms with Crippen molar-refractivity contribution in [2.24, 2.45) is 5.92 Å². The molecule has 2 saturated heterocycles. The molecule has 216 valence electrons. The summed E-state index contributed by atoms with van der Waals surface area (Å²) in [5.74, 6) is -2.10. The number of carbonyl (C=O) groups excluding carboxylic acids is 4. The number of rotatable bonds is 9. The van der Waals surface area contributed by atoms with Gasteiger partial charge in [0, 0.05) is 37.1 Å². The molecule has 3 heterocycles. The van der Waals surface area contributed by atoms with Crippen LogP contribution < -0.4 is 9.80 Å². The van der Waals surface area contributed by atoms with Gasteiger partial charge in [0.2, 0.25) is 11.8 Å². The number of hydrogen-bond acceptors (Lipinski definition) is 7. The third kappa shape index (κ3) is 5.25. The highest BCUT2D eigenvalue weighted by molar-refractivity contribution is 6.08. The Hall–Kier alpha value is -4.02. The number of anilines is 2. The zero-order valence-corrected chi connectivity index (χ0v) is 23.2. The number of benzene rings is 2. The number of aliphatic hydroxyl groups is 2. The smallest absolute Gasteiger partial charge is 0.304 e. The lowest BCUT2D eigenvalue weighted by atomic mass is 9.82. The maximum Gasteiger partial charge on any atom is 0.304 e.